The third kappa shape index (κ3) is 3.88. The van der Waals surface area contributed by atoms with Gasteiger partial charge in [0, 0.05) is 0 Å². The number of amides is 1. The van der Waals surface area contributed by atoms with E-state index in [4.69, 9.17) is 11.6 Å². The molecule has 0 fully saturated rings. The molecule has 25 heavy (non-hydrogen) atoms. The summed E-state index contributed by atoms with van der Waals surface area (Å²) in [5.41, 5.74) is 3.80. The second-order valence-corrected chi connectivity index (χ2v) is 6.26. The minimum atomic E-state index is -0.254. The van der Waals surface area contributed by atoms with Crippen LogP contribution in [0.4, 0.5) is 5.95 Å². The smallest absolute Gasteiger partial charge is 0.248 e. The number of hydrogen-bond donors (Lipinski definition) is 1. The van der Waals surface area contributed by atoms with Crippen molar-refractivity contribution in [1.29, 1.82) is 0 Å². The summed E-state index contributed by atoms with van der Waals surface area (Å²) in [7, 11) is 0. The Balaban J connectivity index is 1.64. The summed E-state index contributed by atoms with van der Waals surface area (Å²) < 4.78 is 3.26. The number of carbonyl (C=O) groups is 1. The number of anilines is 1. The molecule has 2 aromatic heterocycles. The molecule has 0 unspecified atom stereocenters. The molecule has 0 radical (unpaired) electrons. The van der Waals surface area contributed by atoms with Crippen molar-refractivity contribution in [3.05, 3.63) is 58.1 Å². The number of aromatic nitrogens is 5. The summed E-state index contributed by atoms with van der Waals surface area (Å²) in [6.07, 6.45) is 1.60. The highest BCUT2D eigenvalue weighted by Gasteiger charge is 2.13. The van der Waals surface area contributed by atoms with Gasteiger partial charge in [-0.3, -0.25) is 14.8 Å². The van der Waals surface area contributed by atoms with E-state index in [1.54, 1.807) is 22.6 Å². The number of rotatable bonds is 5. The van der Waals surface area contributed by atoms with Crippen molar-refractivity contribution < 1.29 is 4.79 Å². The molecular weight excluding hydrogens is 340 g/mol. The number of benzene rings is 1. The average Bonchev–Trinajstić information content (AvgIpc) is 3.10. The predicted molar refractivity (Wildman–Crippen MR) is 95.6 cm³/mol. The normalized spacial score (nSPS) is 10.9. The van der Waals surface area contributed by atoms with E-state index in [1.807, 2.05) is 25.1 Å². The van der Waals surface area contributed by atoms with E-state index in [-0.39, 0.29) is 18.4 Å². The number of halogens is 1. The Labute approximate surface area is 150 Å². The van der Waals surface area contributed by atoms with Crippen LogP contribution in [0.15, 0.2) is 30.6 Å². The van der Waals surface area contributed by atoms with Gasteiger partial charge in [0.2, 0.25) is 11.9 Å². The van der Waals surface area contributed by atoms with E-state index in [2.05, 4.69) is 33.5 Å². The van der Waals surface area contributed by atoms with Crippen LogP contribution in [0.1, 0.15) is 22.5 Å². The topological polar surface area (TPSA) is 77.6 Å². The fourth-order valence-corrected chi connectivity index (χ4v) is 2.65. The minimum absolute atomic E-state index is 0.0612. The van der Waals surface area contributed by atoms with Crippen LogP contribution in [-0.4, -0.2) is 30.5 Å². The van der Waals surface area contributed by atoms with Crippen molar-refractivity contribution in [2.24, 2.45) is 0 Å². The van der Waals surface area contributed by atoms with E-state index < -0.39 is 0 Å². The van der Waals surface area contributed by atoms with Crippen LogP contribution in [0.5, 0.6) is 0 Å². The maximum atomic E-state index is 12.2. The third-order valence-corrected chi connectivity index (χ3v) is 4.51. The van der Waals surface area contributed by atoms with E-state index in [0.717, 1.165) is 11.3 Å². The van der Waals surface area contributed by atoms with Gasteiger partial charge in [-0.05, 0) is 31.9 Å². The fraction of sp³-hybridized carbons (Fsp3) is 0.294. The predicted octanol–water partition coefficient (Wildman–Crippen LogP) is 2.74. The molecule has 3 rings (SSSR count). The molecule has 0 bridgehead atoms. The number of carbonyl (C=O) groups excluding carboxylic acids is 1. The van der Waals surface area contributed by atoms with Crippen LogP contribution in [-0.2, 0) is 17.9 Å². The van der Waals surface area contributed by atoms with Crippen molar-refractivity contribution >= 4 is 23.5 Å². The molecule has 3 aromatic rings. The number of nitrogens with one attached hydrogen (secondary N) is 1. The van der Waals surface area contributed by atoms with Crippen LogP contribution in [0, 0.1) is 20.8 Å². The van der Waals surface area contributed by atoms with Crippen molar-refractivity contribution in [1.82, 2.24) is 24.5 Å². The number of aryl methyl sites for hydroxylation is 2. The first-order chi connectivity index (χ1) is 11.9. The Kier molecular flexibility index (Phi) is 4.85. The monoisotopic (exact) mass is 358 g/mol. The SMILES string of the molecule is Cc1ccccc1Cn1cnc(NC(=O)Cn2nc(C)c(Cl)c2C)n1. The summed E-state index contributed by atoms with van der Waals surface area (Å²) in [6, 6.07) is 8.08. The molecule has 130 valence electrons. The fourth-order valence-electron chi connectivity index (χ4n) is 2.52. The molecule has 0 saturated carbocycles. The maximum absolute atomic E-state index is 12.2. The zero-order chi connectivity index (χ0) is 18.0. The van der Waals surface area contributed by atoms with Crippen molar-refractivity contribution in [2.75, 3.05) is 5.32 Å². The van der Waals surface area contributed by atoms with Gasteiger partial charge >= 0.3 is 0 Å². The van der Waals surface area contributed by atoms with E-state index in [0.29, 0.717) is 17.3 Å². The Morgan fingerprint density at radius 1 is 1.20 bits per heavy atom. The summed E-state index contributed by atoms with van der Waals surface area (Å²) in [5.74, 6) is 0.0159. The van der Waals surface area contributed by atoms with Crippen LogP contribution < -0.4 is 5.32 Å². The summed E-state index contributed by atoms with van der Waals surface area (Å²) >= 11 is 6.09. The van der Waals surface area contributed by atoms with Gasteiger partial charge in [0.15, 0.2) is 0 Å². The first-order valence-electron chi connectivity index (χ1n) is 7.87. The van der Waals surface area contributed by atoms with Gasteiger partial charge in [-0.1, -0.05) is 35.9 Å². The minimum Gasteiger partial charge on any atom is -0.292 e. The Morgan fingerprint density at radius 3 is 2.64 bits per heavy atom. The third-order valence-electron chi connectivity index (χ3n) is 3.97. The van der Waals surface area contributed by atoms with Crippen LogP contribution in [0.3, 0.4) is 0 Å². The summed E-state index contributed by atoms with van der Waals surface area (Å²) in [5, 5.41) is 11.8. The standard InChI is InChI=1S/C17H19ClN6O/c1-11-6-4-5-7-14(11)8-23-10-19-17(22-23)20-15(25)9-24-13(3)16(18)12(2)21-24/h4-7,10H,8-9H2,1-3H3,(H,20,22,25). The van der Waals surface area contributed by atoms with E-state index in [9.17, 15) is 4.79 Å². The molecule has 0 spiro atoms. The van der Waals surface area contributed by atoms with Gasteiger partial charge in [-0.25, -0.2) is 9.67 Å². The van der Waals surface area contributed by atoms with Gasteiger partial charge in [0.05, 0.1) is 23.0 Å². The van der Waals surface area contributed by atoms with E-state index >= 15 is 0 Å². The number of nitrogens with zero attached hydrogens (tertiary/aromatic N) is 5. The van der Waals surface area contributed by atoms with Crippen molar-refractivity contribution in [3.63, 3.8) is 0 Å². The molecule has 0 aliphatic rings. The molecular formula is C17H19ClN6O. The van der Waals surface area contributed by atoms with Crippen LogP contribution in [0.25, 0.3) is 0 Å². The average molecular weight is 359 g/mol. The van der Waals surface area contributed by atoms with Gasteiger partial charge in [-0.2, -0.15) is 5.10 Å². The first kappa shape index (κ1) is 17.2. The van der Waals surface area contributed by atoms with Gasteiger partial charge in [-0.15, -0.1) is 5.10 Å². The maximum Gasteiger partial charge on any atom is 0.248 e. The lowest BCUT2D eigenvalue weighted by Crippen LogP contribution is -2.21. The first-order valence-corrected chi connectivity index (χ1v) is 8.25. The Morgan fingerprint density at radius 2 is 1.96 bits per heavy atom. The lowest BCUT2D eigenvalue weighted by Gasteiger charge is -2.05. The highest BCUT2D eigenvalue weighted by Crippen LogP contribution is 2.18. The zero-order valence-corrected chi connectivity index (χ0v) is 15.1. The lowest BCUT2D eigenvalue weighted by atomic mass is 10.1. The molecule has 8 heteroatoms. The van der Waals surface area contributed by atoms with Crippen molar-refractivity contribution in [3.8, 4) is 0 Å². The van der Waals surface area contributed by atoms with Crippen LogP contribution in [0.2, 0.25) is 5.02 Å². The Bertz CT molecular complexity index is 914. The summed E-state index contributed by atoms with van der Waals surface area (Å²) in [6.45, 7) is 6.34. The second kappa shape index (κ2) is 7.06. The molecule has 1 aromatic carbocycles. The van der Waals surface area contributed by atoms with Gasteiger partial charge in [0.25, 0.3) is 0 Å². The molecule has 0 aliphatic carbocycles. The molecule has 0 atom stereocenters. The lowest BCUT2D eigenvalue weighted by molar-refractivity contribution is -0.117. The Hall–Kier alpha value is -2.67. The largest absolute Gasteiger partial charge is 0.292 e. The highest BCUT2D eigenvalue weighted by atomic mass is 35.5. The molecule has 1 amide bonds. The molecule has 7 nitrogen and oxygen atoms in total. The van der Waals surface area contributed by atoms with Gasteiger partial charge < -0.3 is 0 Å². The number of hydrogen-bond acceptors (Lipinski definition) is 4. The molecule has 1 N–H and O–H groups in total. The van der Waals surface area contributed by atoms with Gasteiger partial charge in [0.1, 0.15) is 12.9 Å². The van der Waals surface area contributed by atoms with E-state index in [1.165, 1.54) is 5.56 Å². The second-order valence-electron chi connectivity index (χ2n) is 5.88. The molecule has 0 aliphatic heterocycles. The van der Waals surface area contributed by atoms with Crippen molar-refractivity contribution in [2.45, 2.75) is 33.9 Å². The quantitative estimate of drug-likeness (QED) is 0.760. The van der Waals surface area contributed by atoms with Crippen LogP contribution >= 0.6 is 11.6 Å². The summed E-state index contributed by atoms with van der Waals surface area (Å²) in [4.78, 5) is 16.3. The molecule has 0 saturated heterocycles. The zero-order valence-electron chi connectivity index (χ0n) is 14.3. The molecule has 2 heterocycles. The highest BCUT2D eigenvalue weighted by molar-refractivity contribution is 6.31.